The van der Waals surface area contributed by atoms with Crippen LogP contribution in [-0.4, -0.2) is 38.8 Å². The summed E-state index contributed by atoms with van der Waals surface area (Å²) in [6.45, 7) is 0.677. The van der Waals surface area contributed by atoms with E-state index in [0.717, 1.165) is 30.5 Å². The molecular weight excluding hydrogens is 445 g/mol. The summed E-state index contributed by atoms with van der Waals surface area (Å²) >= 11 is 0. The number of amides is 1. The smallest absolute Gasteiger partial charge is 0.420 e. The molecule has 1 aliphatic carbocycles. The van der Waals surface area contributed by atoms with Gasteiger partial charge in [-0.3, -0.25) is 9.48 Å². The molecule has 1 saturated carbocycles. The summed E-state index contributed by atoms with van der Waals surface area (Å²) in [6.07, 6.45) is -2.80. The number of aromatic nitrogens is 2. The average molecular weight is 463 g/mol. The van der Waals surface area contributed by atoms with Crippen LogP contribution >= 0.6 is 0 Å². The van der Waals surface area contributed by atoms with Crippen LogP contribution < -0.4 is 0 Å². The third-order valence-corrected chi connectivity index (χ3v) is 6.40. The van der Waals surface area contributed by atoms with Crippen molar-refractivity contribution in [2.45, 2.75) is 25.1 Å². The summed E-state index contributed by atoms with van der Waals surface area (Å²) in [4.78, 5) is 14.0. The highest BCUT2D eigenvalue weighted by Crippen LogP contribution is 2.54. The molecule has 0 unspecified atom stereocenters. The number of nitrogens with zero attached hydrogens (tertiary/aromatic N) is 3. The summed E-state index contributed by atoms with van der Waals surface area (Å²) in [7, 11) is 0. The summed E-state index contributed by atoms with van der Waals surface area (Å²) < 4.78 is 70.1. The molecule has 1 aromatic heterocycles. The number of aromatic hydroxyl groups is 1. The average Bonchev–Trinajstić information content (AvgIpc) is 3.13. The molecule has 1 amide bonds. The number of halogens is 5. The molecule has 2 heterocycles. The summed E-state index contributed by atoms with van der Waals surface area (Å²) in [6, 6.07) is 8.10. The van der Waals surface area contributed by atoms with Crippen LogP contribution in [0.1, 0.15) is 34.8 Å². The Morgan fingerprint density at radius 1 is 1.06 bits per heavy atom. The molecule has 2 aromatic carbocycles. The number of benzene rings is 2. The second-order valence-corrected chi connectivity index (χ2v) is 8.74. The quantitative estimate of drug-likeness (QED) is 0.555. The Balaban J connectivity index is 1.31. The number of likely N-dealkylation sites (tertiary alicyclic amines) is 1. The molecule has 1 aliphatic heterocycles. The van der Waals surface area contributed by atoms with Gasteiger partial charge in [0, 0.05) is 30.3 Å². The lowest BCUT2D eigenvalue weighted by molar-refractivity contribution is -0.137. The molecule has 1 spiro atoms. The molecule has 1 saturated heterocycles. The van der Waals surface area contributed by atoms with E-state index in [1.54, 1.807) is 0 Å². The summed E-state index contributed by atoms with van der Waals surface area (Å²) in [5.41, 5.74) is -2.16. The third kappa shape index (κ3) is 3.63. The van der Waals surface area contributed by atoms with Gasteiger partial charge in [-0.25, -0.2) is 8.78 Å². The molecule has 0 atom stereocenters. The predicted molar refractivity (Wildman–Crippen MR) is 107 cm³/mol. The first-order valence-corrected chi connectivity index (χ1v) is 10.3. The lowest BCUT2D eigenvalue weighted by atomic mass is 9.60. The molecule has 0 radical (unpaired) electrons. The Morgan fingerprint density at radius 2 is 1.76 bits per heavy atom. The van der Waals surface area contributed by atoms with E-state index < -0.39 is 35.0 Å². The van der Waals surface area contributed by atoms with Gasteiger partial charge in [0.15, 0.2) is 0 Å². The Labute approximate surface area is 185 Å². The molecule has 33 heavy (non-hydrogen) atoms. The van der Waals surface area contributed by atoms with Crippen molar-refractivity contribution in [2.24, 2.45) is 5.41 Å². The minimum atomic E-state index is -4.69. The predicted octanol–water partition coefficient (Wildman–Crippen LogP) is 5.03. The Bertz CT molecular complexity index is 1240. The molecule has 3 aromatic rings. The number of phenols is 1. The fraction of sp³-hybridized carbons (Fsp3) is 0.304. The van der Waals surface area contributed by atoms with Crippen molar-refractivity contribution in [1.82, 2.24) is 14.7 Å². The molecular formula is C23H18F5N3O2. The van der Waals surface area contributed by atoms with Crippen LogP contribution in [0.25, 0.3) is 11.3 Å². The number of rotatable bonds is 3. The van der Waals surface area contributed by atoms with Crippen LogP contribution in [0, 0.1) is 17.0 Å². The minimum Gasteiger partial charge on any atom is -0.508 e. The maximum Gasteiger partial charge on any atom is 0.420 e. The summed E-state index contributed by atoms with van der Waals surface area (Å²) in [5.74, 6) is -2.28. The largest absolute Gasteiger partial charge is 0.508 e. The Hall–Kier alpha value is -3.43. The monoisotopic (exact) mass is 463 g/mol. The SMILES string of the molecule is O=C(c1cc(O)ccc1F)N1CC2(CC(n3cc(C(F)(F)F)c(-c4ccccc4F)n3)C2)C1. The fourth-order valence-corrected chi connectivity index (χ4v) is 4.78. The van der Waals surface area contributed by atoms with Crippen molar-refractivity contribution in [3.8, 4) is 17.0 Å². The number of carbonyl (C=O) groups excluding carboxylic acids is 1. The second kappa shape index (κ2) is 7.29. The first-order chi connectivity index (χ1) is 15.6. The van der Waals surface area contributed by atoms with E-state index >= 15 is 0 Å². The van der Waals surface area contributed by atoms with Gasteiger partial charge in [-0.2, -0.15) is 18.3 Å². The Kier molecular flexibility index (Phi) is 4.73. The van der Waals surface area contributed by atoms with Gasteiger partial charge >= 0.3 is 6.18 Å². The van der Waals surface area contributed by atoms with Crippen molar-refractivity contribution >= 4 is 5.91 Å². The summed E-state index contributed by atoms with van der Waals surface area (Å²) in [5, 5.41) is 13.6. The standard InChI is InChI=1S/C23H18F5N3O2/c24-18-4-2-1-3-15(18)20-17(23(26,27)28)10-31(29-20)13-8-22(9-13)11-30(12-22)21(33)16-7-14(32)5-6-19(16)25/h1-7,10,13,32H,8-9,11-12H2. The van der Waals surface area contributed by atoms with Gasteiger partial charge in [-0.1, -0.05) is 12.1 Å². The zero-order valence-corrected chi connectivity index (χ0v) is 17.1. The van der Waals surface area contributed by atoms with Crippen molar-refractivity contribution in [3.05, 3.63) is 71.4 Å². The maximum atomic E-state index is 14.2. The zero-order valence-electron chi connectivity index (χ0n) is 17.1. The number of phenolic OH excluding ortho intramolecular Hbond substituents is 1. The van der Waals surface area contributed by atoms with Crippen molar-refractivity contribution in [3.63, 3.8) is 0 Å². The van der Waals surface area contributed by atoms with Gasteiger partial charge in [0.2, 0.25) is 0 Å². The van der Waals surface area contributed by atoms with Gasteiger partial charge in [-0.05, 0) is 43.2 Å². The third-order valence-electron chi connectivity index (χ3n) is 6.40. The van der Waals surface area contributed by atoms with Crippen molar-refractivity contribution < 1.29 is 31.9 Å². The number of carbonyl (C=O) groups is 1. The van der Waals surface area contributed by atoms with Crippen LogP contribution in [0.2, 0.25) is 0 Å². The van der Waals surface area contributed by atoms with Crippen LogP contribution in [0.5, 0.6) is 5.75 Å². The van der Waals surface area contributed by atoms with Gasteiger partial charge in [-0.15, -0.1) is 0 Å². The zero-order chi connectivity index (χ0) is 23.5. The fourth-order valence-electron chi connectivity index (χ4n) is 4.78. The normalized spacial score (nSPS) is 17.7. The lowest BCUT2D eigenvalue weighted by Gasteiger charge is -2.58. The molecule has 5 nitrogen and oxygen atoms in total. The van der Waals surface area contributed by atoms with Gasteiger partial charge < -0.3 is 10.0 Å². The highest BCUT2D eigenvalue weighted by molar-refractivity contribution is 5.95. The first-order valence-electron chi connectivity index (χ1n) is 10.3. The van der Waals surface area contributed by atoms with E-state index in [9.17, 15) is 31.9 Å². The molecule has 2 aliphatic rings. The van der Waals surface area contributed by atoms with Crippen molar-refractivity contribution in [1.29, 1.82) is 0 Å². The molecule has 5 rings (SSSR count). The molecule has 0 bridgehead atoms. The number of alkyl halides is 3. The maximum absolute atomic E-state index is 14.2. The van der Waals surface area contributed by atoms with E-state index in [0.29, 0.717) is 25.9 Å². The topological polar surface area (TPSA) is 58.4 Å². The molecule has 2 fully saturated rings. The van der Waals surface area contributed by atoms with Crippen molar-refractivity contribution in [2.75, 3.05) is 13.1 Å². The highest BCUT2D eigenvalue weighted by Gasteiger charge is 2.55. The van der Waals surface area contributed by atoms with Crippen LogP contribution in [0.4, 0.5) is 22.0 Å². The molecule has 1 N–H and O–H groups in total. The second-order valence-electron chi connectivity index (χ2n) is 8.74. The first kappa shape index (κ1) is 21.4. The van der Waals surface area contributed by atoms with Crippen LogP contribution in [0.15, 0.2) is 48.7 Å². The molecule has 172 valence electrons. The van der Waals surface area contributed by atoms with Gasteiger partial charge in [0.25, 0.3) is 5.91 Å². The van der Waals surface area contributed by atoms with Gasteiger partial charge in [0.1, 0.15) is 28.6 Å². The van der Waals surface area contributed by atoms with E-state index in [-0.39, 0.29) is 28.3 Å². The van der Waals surface area contributed by atoms with E-state index in [1.165, 1.54) is 27.8 Å². The highest BCUT2D eigenvalue weighted by atomic mass is 19.4. The van der Waals surface area contributed by atoms with Gasteiger partial charge in [0.05, 0.1) is 11.6 Å². The van der Waals surface area contributed by atoms with Crippen LogP contribution in [-0.2, 0) is 6.18 Å². The Morgan fingerprint density at radius 3 is 2.42 bits per heavy atom. The molecule has 10 heteroatoms. The van der Waals surface area contributed by atoms with E-state index in [4.69, 9.17) is 0 Å². The van der Waals surface area contributed by atoms with E-state index in [2.05, 4.69) is 5.10 Å². The lowest BCUT2D eigenvalue weighted by Crippen LogP contribution is -2.63. The van der Waals surface area contributed by atoms with E-state index in [1.807, 2.05) is 0 Å². The van der Waals surface area contributed by atoms with Crippen LogP contribution in [0.3, 0.4) is 0 Å². The number of hydrogen-bond donors (Lipinski definition) is 1. The number of hydrogen-bond acceptors (Lipinski definition) is 3. The minimum absolute atomic E-state index is 0.217.